The van der Waals surface area contributed by atoms with Crippen LogP contribution in [0, 0.1) is 6.92 Å². The SMILES string of the molecule is Cc1ccc(C(N)C(=O)N2CCC(OCCN3CCCC3)CC2)cc1.Cl.Cl. The average Bonchev–Trinajstić information content (AvgIpc) is 3.15. The maximum absolute atomic E-state index is 12.6. The molecule has 2 aliphatic heterocycles. The summed E-state index contributed by atoms with van der Waals surface area (Å²) in [5.74, 6) is 0.0272. The van der Waals surface area contributed by atoms with Gasteiger partial charge in [0.2, 0.25) is 5.91 Å². The van der Waals surface area contributed by atoms with E-state index < -0.39 is 6.04 Å². The van der Waals surface area contributed by atoms with E-state index in [0.717, 1.165) is 44.6 Å². The Labute approximate surface area is 175 Å². The number of piperidine rings is 1. The van der Waals surface area contributed by atoms with Crippen molar-refractivity contribution in [2.24, 2.45) is 5.73 Å². The fourth-order valence-corrected chi connectivity index (χ4v) is 3.71. The molecule has 0 aromatic heterocycles. The minimum atomic E-state index is -0.562. The number of aryl methyl sites for hydroxylation is 1. The molecule has 2 aliphatic rings. The standard InChI is InChI=1S/C20H31N3O2.2ClH/c1-16-4-6-17(7-5-16)19(21)20(24)23-12-8-18(9-13-23)25-15-14-22-10-2-3-11-22;;/h4-7,18-19H,2-3,8-15,21H2,1H3;2*1H. The smallest absolute Gasteiger partial charge is 0.244 e. The molecule has 0 saturated carbocycles. The summed E-state index contributed by atoms with van der Waals surface area (Å²) in [7, 11) is 0. The maximum Gasteiger partial charge on any atom is 0.244 e. The Morgan fingerprint density at radius 3 is 2.30 bits per heavy atom. The number of hydrogen-bond acceptors (Lipinski definition) is 4. The van der Waals surface area contributed by atoms with Crippen LogP contribution in [0.2, 0.25) is 0 Å². The Bertz CT molecular complexity index is 557. The number of nitrogens with two attached hydrogens (primary N) is 1. The highest BCUT2D eigenvalue weighted by Crippen LogP contribution is 2.19. The quantitative estimate of drug-likeness (QED) is 0.772. The van der Waals surface area contributed by atoms with Crippen molar-refractivity contribution in [1.82, 2.24) is 9.80 Å². The number of carbonyl (C=O) groups is 1. The van der Waals surface area contributed by atoms with Gasteiger partial charge in [-0.2, -0.15) is 0 Å². The molecule has 5 nitrogen and oxygen atoms in total. The molecule has 27 heavy (non-hydrogen) atoms. The predicted octanol–water partition coefficient (Wildman–Crippen LogP) is 2.94. The monoisotopic (exact) mass is 417 g/mol. The van der Waals surface area contributed by atoms with Gasteiger partial charge in [-0.15, -0.1) is 24.8 Å². The first-order valence-corrected chi connectivity index (χ1v) is 9.58. The number of hydrogen-bond donors (Lipinski definition) is 1. The molecule has 1 amide bonds. The van der Waals surface area contributed by atoms with Crippen molar-refractivity contribution < 1.29 is 9.53 Å². The van der Waals surface area contributed by atoms with Gasteiger partial charge < -0.3 is 20.3 Å². The second kappa shape index (κ2) is 11.9. The number of benzene rings is 1. The lowest BCUT2D eigenvalue weighted by atomic mass is 10.0. The van der Waals surface area contributed by atoms with E-state index in [2.05, 4.69) is 4.90 Å². The van der Waals surface area contributed by atoms with Gasteiger partial charge in [0.25, 0.3) is 0 Å². The van der Waals surface area contributed by atoms with E-state index in [4.69, 9.17) is 10.5 Å². The van der Waals surface area contributed by atoms with Crippen LogP contribution in [-0.4, -0.2) is 61.1 Å². The largest absolute Gasteiger partial charge is 0.377 e. The first kappa shape index (κ1) is 24.2. The van der Waals surface area contributed by atoms with Crippen molar-refractivity contribution in [2.75, 3.05) is 39.3 Å². The van der Waals surface area contributed by atoms with Crippen molar-refractivity contribution in [3.05, 3.63) is 35.4 Å². The summed E-state index contributed by atoms with van der Waals surface area (Å²) in [5, 5.41) is 0. The molecule has 2 saturated heterocycles. The predicted molar refractivity (Wildman–Crippen MR) is 114 cm³/mol. The van der Waals surface area contributed by atoms with E-state index in [-0.39, 0.29) is 36.8 Å². The minimum Gasteiger partial charge on any atom is -0.377 e. The van der Waals surface area contributed by atoms with Gasteiger partial charge in [0.1, 0.15) is 6.04 Å². The lowest BCUT2D eigenvalue weighted by molar-refractivity contribution is -0.135. The second-order valence-corrected chi connectivity index (χ2v) is 7.33. The number of carbonyl (C=O) groups excluding carboxylic acids is 1. The molecule has 154 valence electrons. The maximum atomic E-state index is 12.6. The Hall–Kier alpha value is -0.850. The summed E-state index contributed by atoms with van der Waals surface area (Å²) in [5.41, 5.74) is 8.24. The normalized spacial score (nSPS) is 19.3. The highest BCUT2D eigenvalue weighted by Gasteiger charge is 2.27. The van der Waals surface area contributed by atoms with Gasteiger partial charge in [0.05, 0.1) is 12.7 Å². The van der Waals surface area contributed by atoms with Gasteiger partial charge in [-0.3, -0.25) is 4.79 Å². The first-order valence-electron chi connectivity index (χ1n) is 9.58. The molecule has 2 heterocycles. The van der Waals surface area contributed by atoms with Crippen LogP contribution >= 0.6 is 24.8 Å². The highest BCUT2D eigenvalue weighted by molar-refractivity contribution is 5.85. The summed E-state index contributed by atoms with van der Waals surface area (Å²) in [6, 6.07) is 7.34. The zero-order valence-corrected chi connectivity index (χ0v) is 17.8. The molecular weight excluding hydrogens is 385 g/mol. The van der Waals surface area contributed by atoms with Gasteiger partial charge in [0.15, 0.2) is 0 Å². The van der Waals surface area contributed by atoms with Gasteiger partial charge in [-0.05, 0) is 51.3 Å². The van der Waals surface area contributed by atoms with E-state index in [0.29, 0.717) is 0 Å². The molecular formula is C20H33Cl2N3O2. The van der Waals surface area contributed by atoms with Crippen LogP contribution in [0.5, 0.6) is 0 Å². The van der Waals surface area contributed by atoms with Crippen molar-refractivity contribution in [3.8, 4) is 0 Å². The number of likely N-dealkylation sites (tertiary alicyclic amines) is 2. The van der Waals surface area contributed by atoms with Gasteiger partial charge >= 0.3 is 0 Å². The van der Waals surface area contributed by atoms with E-state index in [1.165, 1.54) is 31.5 Å². The number of halogens is 2. The summed E-state index contributed by atoms with van der Waals surface area (Å²) < 4.78 is 6.02. The Morgan fingerprint density at radius 1 is 1.11 bits per heavy atom. The van der Waals surface area contributed by atoms with Gasteiger partial charge in [-0.1, -0.05) is 29.8 Å². The fraction of sp³-hybridized carbons (Fsp3) is 0.650. The summed E-state index contributed by atoms with van der Waals surface area (Å²) >= 11 is 0. The van der Waals surface area contributed by atoms with Crippen LogP contribution in [0.3, 0.4) is 0 Å². The molecule has 1 unspecified atom stereocenters. The fourth-order valence-electron chi connectivity index (χ4n) is 3.71. The first-order chi connectivity index (χ1) is 12.1. The molecule has 2 fully saturated rings. The lowest BCUT2D eigenvalue weighted by Gasteiger charge is -2.33. The Morgan fingerprint density at radius 2 is 1.70 bits per heavy atom. The number of rotatable bonds is 6. The van der Waals surface area contributed by atoms with Crippen molar-refractivity contribution in [3.63, 3.8) is 0 Å². The molecule has 0 spiro atoms. The molecule has 1 atom stereocenters. The zero-order chi connectivity index (χ0) is 17.6. The van der Waals surface area contributed by atoms with Crippen LogP contribution in [0.15, 0.2) is 24.3 Å². The van der Waals surface area contributed by atoms with E-state index >= 15 is 0 Å². The average molecular weight is 418 g/mol. The highest BCUT2D eigenvalue weighted by atomic mass is 35.5. The molecule has 1 aromatic rings. The third-order valence-electron chi connectivity index (χ3n) is 5.42. The van der Waals surface area contributed by atoms with Crippen LogP contribution < -0.4 is 5.73 Å². The molecule has 3 rings (SSSR count). The number of ether oxygens (including phenoxy) is 1. The zero-order valence-electron chi connectivity index (χ0n) is 16.1. The van der Waals surface area contributed by atoms with Crippen LogP contribution in [0.4, 0.5) is 0 Å². The third kappa shape index (κ3) is 6.91. The Balaban J connectivity index is 0.00000182. The van der Waals surface area contributed by atoms with Gasteiger partial charge in [-0.25, -0.2) is 0 Å². The van der Waals surface area contributed by atoms with E-state index in [1.807, 2.05) is 36.1 Å². The summed E-state index contributed by atoms with van der Waals surface area (Å²) in [6.07, 6.45) is 4.74. The summed E-state index contributed by atoms with van der Waals surface area (Å²) in [4.78, 5) is 17.0. The van der Waals surface area contributed by atoms with E-state index in [9.17, 15) is 4.79 Å². The number of nitrogens with zero attached hydrogens (tertiary/aromatic N) is 2. The van der Waals surface area contributed by atoms with Crippen LogP contribution in [0.25, 0.3) is 0 Å². The molecule has 0 radical (unpaired) electrons. The minimum absolute atomic E-state index is 0. The molecule has 2 N–H and O–H groups in total. The Kier molecular flexibility index (Phi) is 10.6. The lowest BCUT2D eigenvalue weighted by Crippen LogP contribution is -2.45. The van der Waals surface area contributed by atoms with E-state index in [1.54, 1.807) is 0 Å². The third-order valence-corrected chi connectivity index (χ3v) is 5.42. The van der Waals surface area contributed by atoms with Crippen molar-refractivity contribution >= 4 is 30.7 Å². The molecule has 7 heteroatoms. The molecule has 0 bridgehead atoms. The van der Waals surface area contributed by atoms with Gasteiger partial charge in [0, 0.05) is 19.6 Å². The molecule has 0 aliphatic carbocycles. The number of amides is 1. The van der Waals surface area contributed by atoms with Crippen molar-refractivity contribution in [1.29, 1.82) is 0 Å². The molecule has 1 aromatic carbocycles. The van der Waals surface area contributed by atoms with Crippen LogP contribution in [-0.2, 0) is 9.53 Å². The second-order valence-electron chi connectivity index (χ2n) is 7.33. The summed E-state index contributed by atoms with van der Waals surface area (Å²) in [6.45, 7) is 7.80. The topological polar surface area (TPSA) is 58.8 Å². The van der Waals surface area contributed by atoms with Crippen molar-refractivity contribution in [2.45, 2.75) is 44.8 Å². The van der Waals surface area contributed by atoms with Crippen LogP contribution in [0.1, 0.15) is 42.9 Å².